The van der Waals surface area contributed by atoms with Gasteiger partial charge in [0.2, 0.25) is 0 Å². The van der Waals surface area contributed by atoms with E-state index in [0.717, 1.165) is 6.07 Å². The number of nitrogens with one attached hydrogen (secondary N) is 9. The van der Waals surface area contributed by atoms with Gasteiger partial charge in [-0.2, -0.15) is 13.2 Å². The van der Waals surface area contributed by atoms with Crippen molar-refractivity contribution >= 4 is 47.0 Å². The first-order chi connectivity index (χ1) is 36.6. The molecule has 0 bridgehead atoms. The number of carbonyl (C=O) groups excluding carboxylic acids is 6. The molecule has 18 nitrogen and oxygen atoms in total. The predicted octanol–water partition coefficient (Wildman–Crippen LogP) is 8.16. The number of aromatic amines is 3. The van der Waals surface area contributed by atoms with E-state index >= 15 is 0 Å². The van der Waals surface area contributed by atoms with Crippen LogP contribution in [0.25, 0.3) is 0 Å². The summed E-state index contributed by atoms with van der Waals surface area (Å²) in [5.41, 5.74) is 0.137. The average molecular weight is 1090 g/mol. The predicted molar refractivity (Wildman–Crippen MR) is 271 cm³/mol. The van der Waals surface area contributed by atoms with E-state index in [0.29, 0.717) is 17.0 Å². The normalized spacial score (nSPS) is 15.5. The van der Waals surface area contributed by atoms with E-state index in [1.165, 1.54) is 55.6 Å². The highest BCUT2D eigenvalue weighted by Gasteiger charge is 2.40. The number of ether oxygens (including phenoxy) is 3. The van der Waals surface area contributed by atoms with Crippen LogP contribution in [0.3, 0.4) is 0 Å². The van der Waals surface area contributed by atoms with Crippen LogP contribution in [0.1, 0.15) is 138 Å². The van der Waals surface area contributed by atoms with Gasteiger partial charge in [0.05, 0.1) is 0 Å². The van der Waals surface area contributed by atoms with Crippen LogP contribution in [-0.4, -0.2) is 95.3 Å². The van der Waals surface area contributed by atoms with Crippen molar-refractivity contribution in [1.29, 1.82) is 0 Å². The largest absolute Gasteiger partial charge is 0.484 e. The summed E-state index contributed by atoms with van der Waals surface area (Å²) in [7, 11) is 1.40. The molecule has 1 aliphatic carbocycles. The minimum Gasteiger partial charge on any atom is -0.484 e. The summed E-state index contributed by atoms with van der Waals surface area (Å²) in [6, 6.07) is 21.2. The molecule has 77 heavy (non-hydrogen) atoms. The summed E-state index contributed by atoms with van der Waals surface area (Å²) in [6.07, 6.45) is -6.51. The summed E-state index contributed by atoms with van der Waals surface area (Å²) in [4.78, 5) is 87.9. The standard InChI is InChI=1S/C53H55ClF5N9O9/c1-26(64-48(70)39-22-41(44(66-39)50(72)60-5)76-28(3)33-10-6-8-12-35(33)55)18-19-61-51(73)45-43(77-29(4)34-11-7-9-13-36(34)56)23-40(67-45)49(71)68-37-20-31(37)24-62-52(74)46-42(75-27(2)30-14-16-32(54)17-15-30)21-38(65-46)47(69)63-25-53(57,58)59/h6-17,21-23,26-29,31,37,65-67H,18-20,24-25H2,1-5H3,(H,60,72)(H,61,73)(H,62,74)(H,63,69)(H,64,70)(H,68,71). The summed E-state index contributed by atoms with van der Waals surface area (Å²) in [6.45, 7) is 4.92. The molecule has 0 saturated heterocycles. The Morgan fingerprint density at radius 3 is 1.62 bits per heavy atom. The molecule has 3 heterocycles. The highest BCUT2D eigenvalue weighted by atomic mass is 35.5. The lowest BCUT2D eigenvalue weighted by atomic mass is 10.1. The molecular weight excluding hydrogens is 1040 g/mol. The molecule has 1 saturated carbocycles. The van der Waals surface area contributed by atoms with Crippen LogP contribution in [0.4, 0.5) is 22.0 Å². The maximum absolute atomic E-state index is 14.8. The zero-order valence-corrected chi connectivity index (χ0v) is 42.9. The molecule has 408 valence electrons. The molecule has 3 aromatic heterocycles. The Morgan fingerprint density at radius 1 is 0.623 bits per heavy atom. The van der Waals surface area contributed by atoms with Crippen molar-refractivity contribution in [3.8, 4) is 17.2 Å². The molecule has 9 N–H and O–H groups in total. The Morgan fingerprint density at radius 2 is 1.10 bits per heavy atom. The van der Waals surface area contributed by atoms with Crippen LogP contribution in [-0.2, 0) is 0 Å². The molecule has 0 aliphatic heterocycles. The first-order valence-electron chi connectivity index (χ1n) is 24.3. The highest BCUT2D eigenvalue weighted by molar-refractivity contribution is 6.30. The first-order valence-corrected chi connectivity index (χ1v) is 24.6. The number of benzene rings is 3. The molecular formula is C53H55ClF5N9O9. The third-order valence-corrected chi connectivity index (χ3v) is 12.6. The molecule has 1 aliphatic rings. The number of hydrogen-bond acceptors (Lipinski definition) is 9. The van der Waals surface area contributed by atoms with Crippen molar-refractivity contribution in [2.45, 2.75) is 77.1 Å². The number of H-pyrrole nitrogens is 3. The van der Waals surface area contributed by atoms with E-state index < -0.39 is 90.2 Å². The molecule has 24 heteroatoms. The Balaban J connectivity index is 0.972. The maximum Gasteiger partial charge on any atom is 0.405 e. The van der Waals surface area contributed by atoms with Crippen LogP contribution in [0.5, 0.6) is 17.2 Å². The summed E-state index contributed by atoms with van der Waals surface area (Å²) < 4.78 is 86.0. The number of hydrogen-bond donors (Lipinski definition) is 9. The average Bonchev–Trinajstić information content (AvgIpc) is 3.66. The van der Waals surface area contributed by atoms with E-state index in [4.69, 9.17) is 25.8 Å². The van der Waals surface area contributed by atoms with Gasteiger partial charge in [0.25, 0.3) is 35.4 Å². The lowest BCUT2D eigenvalue weighted by Gasteiger charge is -2.16. The van der Waals surface area contributed by atoms with Crippen molar-refractivity contribution in [3.63, 3.8) is 0 Å². The van der Waals surface area contributed by atoms with Gasteiger partial charge in [-0.05, 0) is 76.3 Å². The zero-order chi connectivity index (χ0) is 55.7. The number of alkyl halides is 3. The van der Waals surface area contributed by atoms with E-state index in [1.54, 1.807) is 69.4 Å². The highest BCUT2D eigenvalue weighted by Crippen LogP contribution is 2.34. The number of amides is 6. The minimum absolute atomic E-state index is 0.00535. The fourth-order valence-electron chi connectivity index (χ4n) is 8.04. The Kier molecular flexibility index (Phi) is 18.0. The third-order valence-electron chi connectivity index (χ3n) is 12.4. The van der Waals surface area contributed by atoms with Gasteiger partial charge in [0.15, 0.2) is 17.2 Å². The number of carbonyl (C=O) groups is 6. The van der Waals surface area contributed by atoms with Crippen molar-refractivity contribution in [3.05, 3.63) is 159 Å². The molecule has 6 amide bonds. The first kappa shape index (κ1) is 56.4. The van der Waals surface area contributed by atoms with Crippen LogP contribution in [0.15, 0.2) is 91.0 Å². The number of halogens is 6. The Hall–Kier alpha value is -8.34. The van der Waals surface area contributed by atoms with Gasteiger partial charge in [0.1, 0.15) is 70.7 Å². The summed E-state index contributed by atoms with van der Waals surface area (Å²) >= 11 is 6.01. The van der Waals surface area contributed by atoms with Crippen LogP contribution >= 0.6 is 11.6 Å². The number of rotatable bonds is 23. The molecule has 7 rings (SSSR count). The fraction of sp³-hybridized carbons (Fsp3) is 0.321. The zero-order valence-electron chi connectivity index (χ0n) is 42.1. The summed E-state index contributed by atoms with van der Waals surface area (Å²) in [5.74, 6) is -5.94. The minimum atomic E-state index is -4.69. The molecule has 3 aromatic carbocycles. The van der Waals surface area contributed by atoms with Gasteiger partial charge < -0.3 is 61.1 Å². The maximum atomic E-state index is 14.8. The van der Waals surface area contributed by atoms with Crippen molar-refractivity contribution < 1.29 is 64.9 Å². The quantitative estimate of drug-likeness (QED) is 0.0281. The lowest BCUT2D eigenvalue weighted by Crippen LogP contribution is -2.36. The second kappa shape index (κ2) is 24.6. The SMILES string of the molecule is CNC(=O)c1[nH]c(C(=O)NC(C)CCNC(=O)c2[nH]c(C(=O)NC3CC3CNC(=O)c3[nH]c(C(=O)NCC(F)(F)F)cc3OC(C)c3ccc(Cl)cc3)cc2OC(C)c2ccccc2F)cc1OC(C)c1ccccc1F. The van der Waals surface area contributed by atoms with Gasteiger partial charge in [-0.3, -0.25) is 28.8 Å². The van der Waals surface area contributed by atoms with Crippen molar-refractivity contribution in [1.82, 2.24) is 46.9 Å². The van der Waals surface area contributed by atoms with Crippen LogP contribution in [0.2, 0.25) is 5.02 Å². The van der Waals surface area contributed by atoms with Gasteiger partial charge in [-0.1, -0.05) is 60.1 Å². The second-order valence-corrected chi connectivity index (χ2v) is 18.7. The topological polar surface area (TPSA) is 250 Å². The number of aromatic nitrogens is 3. The summed E-state index contributed by atoms with van der Waals surface area (Å²) in [5, 5.41) is 15.8. The van der Waals surface area contributed by atoms with Gasteiger partial charge in [-0.25, -0.2) is 8.78 Å². The van der Waals surface area contributed by atoms with E-state index in [-0.39, 0.29) is 88.0 Å². The van der Waals surface area contributed by atoms with Gasteiger partial charge in [-0.15, -0.1) is 0 Å². The van der Waals surface area contributed by atoms with Gasteiger partial charge in [0, 0.05) is 66.6 Å². The molecule has 6 aromatic rings. The third kappa shape index (κ3) is 14.7. The van der Waals surface area contributed by atoms with E-state index in [1.807, 2.05) is 0 Å². The molecule has 6 unspecified atom stereocenters. The second-order valence-electron chi connectivity index (χ2n) is 18.2. The smallest absolute Gasteiger partial charge is 0.405 e. The fourth-order valence-corrected chi connectivity index (χ4v) is 8.17. The van der Waals surface area contributed by atoms with Crippen molar-refractivity contribution in [2.24, 2.45) is 5.92 Å². The molecule has 1 fully saturated rings. The van der Waals surface area contributed by atoms with Crippen molar-refractivity contribution in [2.75, 3.05) is 26.7 Å². The lowest BCUT2D eigenvalue weighted by molar-refractivity contribution is -0.123. The van der Waals surface area contributed by atoms with E-state index in [2.05, 4.69) is 41.5 Å². The monoisotopic (exact) mass is 1090 g/mol. The van der Waals surface area contributed by atoms with Crippen LogP contribution < -0.4 is 46.1 Å². The molecule has 0 spiro atoms. The van der Waals surface area contributed by atoms with E-state index in [9.17, 15) is 50.7 Å². The Labute approximate surface area is 442 Å². The molecule has 6 atom stereocenters. The van der Waals surface area contributed by atoms with Gasteiger partial charge >= 0.3 is 6.18 Å². The Bertz CT molecular complexity index is 3120. The van der Waals surface area contributed by atoms with Crippen LogP contribution in [0, 0.1) is 17.6 Å². The molecule has 0 radical (unpaired) electrons.